The van der Waals surface area contributed by atoms with Gasteiger partial charge in [-0.2, -0.15) is 0 Å². The highest BCUT2D eigenvalue weighted by Gasteiger charge is 2.11. The molecule has 0 amide bonds. The SMILES string of the molecule is O=C(O)c1ccc2cc(C(O)c3cccnc3)ccc2c1. The van der Waals surface area contributed by atoms with E-state index in [2.05, 4.69) is 4.98 Å². The Hall–Kier alpha value is -2.72. The van der Waals surface area contributed by atoms with Gasteiger partial charge in [-0.05, 0) is 40.6 Å². The van der Waals surface area contributed by atoms with E-state index >= 15 is 0 Å². The van der Waals surface area contributed by atoms with E-state index in [4.69, 9.17) is 5.11 Å². The number of hydrogen-bond donors (Lipinski definition) is 2. The molecule has 0 aliphatic rings. The van der Waals surface area contributed by atoms with E-state index in [0.29, 0.717) is 0 Å². The fraction of sp³-hybridized carbons (Fsp3) is 0.0588. The Morgan fingerprint density at radius 3 is 2.48 bits per heavy atom. The molecule has 2 N–H and O–H groups in total. The molecule has 0 fully saturated rings. The van der Waals surface area contributed by atoms with Gasteiger partial charge in [-0.25, -0.2) is 4.79 Å². The van der Waals surface area contributed by atoms with Crippen molar-refractivity contribution in [2.24, 2.45) is 0 Å². The third-order valence-corrected chi connectivity index (χ3v) is 3.43. The highest BCUT2D eigenvalue weighted by molar-refractivity contribution is 5.94. The summed E-state index contributed by atoms with van der Waals surface area (Å²) in [6, 6.07) is 14.0. The molecular weight excluding hydrogens is 266 g/mol. The molecule has 0 aliphatic heterocycles. The van der Waals surface area contributed by atoms with Crippen LogP contribution in [0.5, 0.6) is 0 Å². The van der Waals surface area contributed by atoms with Gasteiger partial charge in [0.25, 0.3) is 0 Å². The van der Waals surface area contributed by atoms with E-state index < -0.39 is 12.1 Å². The summed E-state index contributed by atoms with van der Waals surface area (Å²) in [6.45, 7) is 0. The number of aromatic carboxylic acids is 1. The minimum absolute atomic E-state index is 0.253. The first-order valence-electron chi connectivity index (χ1n) is 6.50. The van der Waals surface area contributed by atoms with Gasteiger partial charge >= 0.3 is 5.97 Å². The van der Waals surface area contributed by atoms with E-state index in [1.807, 2.05) is 18.2 Å². The van der Waals surface area contributed by atoms with Gasteiger partial charge in [0.1, 0.15) is 6.10 Å². The van der Waals surface area contributed by atoms with E-state index in [1.165, 1.54) is 0 Å². The summed E-state index contributed by atoms with van der Waals surface area (Å²) >= 11 is 0. The maximum atomic E-state index is 11.0. The molecule has 0 aliphatic carbocycles. The van der Waals surface area contributed by atoms with Gasteiger partial charge in [-0.15, -0.1) is 0 Å². The van der Waals surface area contributed by atoms with Gasteiger partial charge in [0.15, 0.2) is 0 Å². The van der Waals surface area contributed by atoms with Crippen LogP contribution in [0.4, 0.5) is 0 Å². The predicted molar refractivity (Wildman–Crippen MR) is 79.2 cm³/mol. The van der Waals surface area contributed by atoms with Crippen LogP contribution < -0.4 is 0 Å². The number of hydrogen-bond acceptors (Lipinski definition) is 3. The molecule has 0 radical (unpaired) electrons. The number of carboxylic acid groups (broad SMARTS) is 1. The van der Waals surface area contributed by atoms with Crippen LogP contribution in [0.1, 0.15) is 27.6 Å². The lowest BCUT2D eigenvalue weighted by molar-refractivity contribution is 0.0697. The highest BCUT2D eigenvalue weighted by atomic mass is 16.4. The Kier molecular flexibility index (Phi) is 3.38. The number of carbonyl (C=O) groups is 1. The molecule has 4 nitrogen and oxygen atoms in total. The second kappa shape index (κ2) is 5.34. The van der Waals surface area contributed by atoms with Crippen LogP contribution in [0.2, 0.25) is 0 Å². The number of fused-ring (bicyclic) bond motifs is 1. The topological polar surface area (TPSA) is 70.4 Å². The van der Waals surface area contributed by atoms with E-state index in [-0.39, 0.29) is 5.56 Å². The molecule has 1 aromatic heterocycles. The van der Waals surface area contributed by atoms with E-state index in [0.717, 1.165) is 21.9 Å². The van der Waals surface area contributed by atoms with Gasteiger partial charge in [0.05, 0.1) is 5.56 Å². The number of rotatable bonds is 3. The van der Waals surface area contributed by atoms with Gasteiger partial charge < -0.3 is 10.2 Å². The summed E-state index contributed by atoms with van der Waals surface area (Å²) in [4.78, 5) is 15.0. The summed E-state index contributed by atoms with van der Waals surface area (Å²) < 4.78 is 0. The molecule has 0 spiro atoms. The number of pyridine rings is 1. The van der Waals surface area contributed by atoms with Crippen molar-refractivity contribution >= 4 is 16.7 Å². The van der Waals surface area contributed by atoms with Crippen molar-refractivity contribution in [2.75, 3.05) is 0 Å². The molecule has 0 saturated carbocycles. The standard InChI is InChI=1S/C17H13NO3/c19-16(15-2-1-7-18-10-15)13-5-3-12-9-14(17(20)21)6-4-11(12)8-13/h1-10,16,19H,(H,20,21). The Morgan fingerprint density at radius 2 is 1.76 bits per heavy atom. The molecule has 1 atom stereocenters. The van der Waals surface area contributed by atoms with Crippen LogP contribution in [0, 0.1) is 0 Å². The van der Waals surface area contributed by atoms with Crippen LogP contribution in [0.15, 0.2) is 60.9 Å². The minimum atomic E-state index is -0.948. The lowest BCUT2D eigenvalue weighted by Crippen LogP contribution is -2.00. The van der Waals surface area contributed by atoms with Crippen molar-refractivity contribution in [2.45, 2.75) is 6.10 Å². The lowest BCUT2D eigenvalue weighted by Gasteiger charge is -2.12. The van der Waals surface area contributed by atoms with E-state index in [9.17, 15) is 9.90 Å². The molecule has 4 heteroatoms. The first kappa shape index (κ1) is 13.3. The zero-order chi connectivity index (χ0) is 14.8. The molecular formula is C17H13NO3. The van der Waals surface area contributed by atoms with Gasteiger partial charge in [0, 0.05) is 18.0 Å². The van der Waals surface area contributed by atoms with Crippen molar-refractivity contribution in [1.82, 2.24) is 4.98 Å². The van der Waals surface area contributed by atoms with Crippen LogP contribution in [0.3, 0.4) is 0 Å². The Labute approximate surface area is 121 Å². The molecule has 0 bridgehead atoms. The highest BCUT2D eigenvalue weighted by Crippen LogP contribution is 2.25. The number of aliphatic hydroxyl groups is 1. The quantitative estimate of drug-likeness (QED) is 0.773. The van der Waals surface area contributed by atoms with E-state index in [1.54, 1.807) is 42.7 Å². The average Bonchev–Trinajstić information content (AvgIpc) is 2.54. The maximum Gasteiger partial charge on any atom is 0.335 e. The smallest absolute Gasteiger partial charge is 0.335 e. The van der Waals surface area contributed by atoms with Crippen molar-refractivity contribution < 1.29 is 15.0 Å². The van der Waals surface area contributed by atoms with Crippen molar-refractivity contribution in [3.05, 3.63) is 77.6 Å². The van der Waals surface area contributed by atoms with Gasteiger partial charge in [0.2, 0.25) is 0 Å². The zero-order valence-corrected chi connectivity index (χ0v) is 11.1. The first-order chi connectivity index (χ1) is 10.1. The lowest BCUT2D eigenvalue weighted by atomic mass is 9.98. The van der Waals surface area contributed by atoms with Gasteiger partial charge in [-0.1, -0.05) is 24.3 Å². The number of nitrogens with zero attached hydrogens (tertiary/aromatic N) is 1. The molecule has 3 aromatic rings. The average molecular weight is 279 g/mol. The second-order valence-electron chi connectivity index (χ2n) is 4.82. The fourth-order valence-corrected chi connectivity index (χ4v) is 2.30. The van der Waals surface area contributed by atoms with Crippen LogP contribution >= 0.6 is 0 Å². The first-order valence-corrected chi connectivity index (χ1v) is 6.50. The van der Waals surface area contributed by atoms with Crippen LogP contribution in [0.25, 0.3) is 10.8 Å². The summed E-state index contributed by atoms with van der Waals surface area (Å²) in [5, 5.41) is 21.1. The molecule has 2 aromatic carbocycles. The van der Waals surface area contributed by atoms with Crippen molar-refractivity contribution in [1.29, 1.82) is 0 Å². The predicted octanol–water partition coefficient (Wildman–Crippen LogP) is 3.01. The fourth-order valence-electron chi connectivity index (χ4n) is 2.30. The van der Waals surface area contributed by atoms with Crippen molar-refractivity contribution in [3.63, 3.8) is 0 Å². The number of carboxylic acids is 1. The van der Waals surface area contributed by atoms with Crippen LogP contribution in [-0.2, 0) is 0 Å². The summed E-state index contributed by atoms with van der Waals surface area (Å²) in [5.41, 5.74) is 1.72. The number of benzene rings is 2. The molecule has 0 saturated heterocycles. The Balaban J connectivity index is 2.02. The molecule has 21 heavy (non-hydrogen) atoms. The number of aliphatic hydroxyl groups excluding tert-OH is 1. The third kappa shape index (κ3) is 2.61. The molecule has 1 unspecified atom stereocenters. The van der Waals surface area contributed by atoms with Crippen LogP contribution in [-0.4, -0.2) is 21.2 Å². The van der Waals surface area contributed by atoms with Gasteiger partial charge in [-0.3, -0.25) is 4.98 Å². The largest absolute Gasteiger partial charge is 0.478 e. The maximum absolute atomic E-state index is 11.0. The zero-order valence-electron chi connectivity index (χ0n) is 11.1. The number of aromatic nitrogens is 1. The Bertz CT molecular complexity index is 799. The van der Waals surface area contributed by atoms with Crippen molar-refractivity contribution in [3.8, 4) is 0 Å². The monoisotopic (exact) mass is 279 g/mol. The Morgan fingerprint density at radius 1 is 1.00 bits per heavy atom. The summed E-state index contributed by atoms with van der Waals surface area (Å²) in [7, 11) is 0. The normalized spacial score (nSPS) is 12.2. The summed E-state index contributed by atoms with van der Waals surface area (Å²) in [5.74, 6) is -0.948. The third-order valence-electron chi connectivity index (χ3n) is 3.43. The summed E-state index contributed by atoms with van der Waals surface area (Å²) in [6.07, 6.45) is 2.54. The molecule has 1 heterocycles. The molecule has 3 rings (SSSR count). The second-order valence-corrected chi connectivity index (χ2v) is 4.82. The molecule has 104 valence electrons. The minimum Gasteiger partial charge on any atom is -0.478 e.